The molecule has 0 bridgehead atoms. The second kappa shape index (κ2) is 9.11. The zero-order valence-corrected chi connectivity index (χ0v) is 18.4. The topological polar surface area (TPSA) is 109 Å². The number of halogens is 1. The van der Waals surface area contributed by atoms with Crippen molar-refractivity contribution in [1.82, 2.24) is 25.4 Å². The van der Waals surface area contributed by atoms with Crippen molar-refractivity contribution in [2.24, 2.45) is 0 Å². The largest absolute Gasteiger partial charge is 0.489 e. The summed E-state index contributed by atoms with van der Waals surface area (Å²) < 4.78 is 11.5. The van der Waals surface area contributed by atoms with Crippen LogP contribution < -0.4 is 10.1 Å². The van der Waals surface area contributed by atoms with Crippen molar-refractivity contribution >= 4 is 23.6 Å². The number of H-pyrrole nitrogens is 1. The number of nitrogens with one attached hydrogen (secondary N) is 2. The summed E-state index contributed by atoms with van der Waals surface area (Å²) >= 11 is 5.92. The fourth-order valence-electron chi connectivity index (χ4n) is 4.10. The van der Waals surface area contributed by atoms with Crippen molar-refractivity contribution in [3.05, 3.63) is 65.2 Å². The smallest absolute Gasteiger partial charge is 0.410 e. The van der Waals surface area contributed by atoms with Gasteiger partial charge in [-0.25, -0.2) is 4.79 Å². The van der Waals surface area contributed by atoms with E-state index in [4.69, 9.17) is 21.1 Å². The van der Waals surface area contributed by atoms with Gasteiger partial charge >= 0.3 is 6.09 Å². The molecule has 0 unspecified atom stereocenters. The maximum absolute atomic E-state index is 12.8. The Labute approximate surface area is 195 Å². The lowest BCUT2D eigenvalue weighted by Crippen LogP contribution is -2.44. The van der Waals surface area contributed by atoms with Gasteiger partial charge in [0.15, 0.2) is 0 Å². The van der Waals surface area contributed by atoms with Crippen molar-refractivity contribution in [2.45, 2.75) is 31.5 Å². The molecule has 170 valence electrons. The Hall–Kier alpha value is -3.59. The summed E-state index contributed by atoms with van der Waals surface area (Å²) in [5.41, 5.74) is 2.73. The van der Waals surface area contributed by atoms with Crippen molar-refractivity contribution in [3.63, 3.8) is 0 Å². The number of pyridine rings is 1. The van der Waals surface area contributed by atoms with E-state index in [2.05, 4.69) is 20.5 Å². The summed E-state index contributed by atoms with van der Waals surface area (Å²) in [6, 6.07) is 8.94. The van der Waals surface area contributed by atoms with Crippen LogP contribution in [0.5, 0.6) is 5.75 Å². The minimum atomic E-state index is -0.307. The molecule has 0 spiro atoms. The zero-order valence-electron chi connectivity index (χ0n) is 17.7. The molecular formula is C23H22ClN5O4. The average molecular weight is 468 g/mol. The number of nitrogens with zero attached hydrogens (tertiary/aromatic N) is 3. The van der Waals surface area contributed by atoms with E-state index in [0.717, 1.165) is 16.7 Å². The Bertz CT molecular complexity index is 1150. The van der Waals surface area contributed by atoms with E-state index in [1.54, 1.807) is 41.7 Å². The van der Waals surface area contributed by atoms with Crippen LogP contribution in [0.1, 0.15) is 28.9 Å². The number of ether oxygens (including phenoxy) is 2. The molecule has 9 nitrogen and oxygen atoms in total. The van der Waals surface area contributed by atoms with Crippen LogP contribution >= 0.6 is 11.6 Å². The molecule has 5 rings (SSSR count). The molecule has 3 aromatic rings. The predicted molar refractivity (Wildman–Crippen MR) is 120 cm³/mol. The second-order valence-corrected chi connectivity index (χ2v) is 8.49. The van der Waals surface area contributed by atoms with E-state index < -0.39 is 0 Å². The molecule has 0 aliphatic carbocycles. The quantitative estimate of drug-likeness (QED) is 0.575. The van der Waals surface area contributed by atoms with E-state index in [1.807, 2.05) is 12.1 Å². The summed E-state index contributed by atoms with van der Waals surface area (Å²) in [5, 5.41) is 10.3. The number of aromatic amines is 1. The molecule has 2 N–H and O–H groups in total. The van der Waals surface area contributed by atoms with Crippen LogP contribution in [0.2, 0.25) is 5.02 Å². The summed E-state index contributed by atoms with van der Waals surface area (Å²) in [4.78, 5) is 30.7. The third kappa shape index (κ3) is 4.63. The van der Waals surface area contributed by atoms with Crippen LogP contribution in [0, 0.1) is 0 Å². The highest BCUT2D eigenvalue weighted by Crippen LogP contribution is 2.33. The van der Waals surface area contributed by atoms with Gasteiger partial charge in [0.25, 0.3) is 5.91 Å². The lowest BCUT2D eigenvalue weighted by Gasteiger charge is -2.32. The zero-order chi connectivity index (χ0) is 22.8. The van der Waals surface area contributed by atoms with Crippen LogP contribution in [0.3, 0.4) is 0 Å². The van der Waals surface area contributed by atoms with Gasteiger partial charge in [0.1, 0.15) is 24.2 Å². The number of fused-ring (bicyclic) bond motifs is 1. The third-order valence-electron chi connectivity index (χ3n) is 5.87. The number of carbonyl (C=O) groups is 2. The molecule has 0 saturated carbocycles. The summed E-state index contributed by atoms with van der Waals surface area (Å²) in [6.45, 7) is 1.31. The van der Waals surface area contributed by atoms with Gasteiger partial charge in [0.05, 0.1) is 12.2 Å². The average Bonchev–Trinajstić information content (AvgIpc) is 3.49. The number of cyclic esters (lactones) is 1. The van der Waals surface area contributed by atoms with Crippen molar-refractivity contribution in [2.75, 3.05) is 13.2 Å². The van der Waals surface area contributed by atoms with E-state index >= 15 is 0 Å². The van der Waals surface area contributed by atoms with Crippen LogP contribution in [0.15, 0.2) is 48.9 Å². The predicted octanol–water partition coefficient (Wildman–Crippen LogP) is 3.42. The van der Waals surface area contributed by atoms with Gasteiger partial charge in [0, 0.05) is 60.5 Å². The van der Waals surface area contributed by atoms with E-state index in [1.165, 1.54) is 0 Å². The molecule has 0 radical (unpaired) electrons. The number of aromatic nitrogens is 3. The van der Waals surface area contributed by atoms with Gasteiger partial charge in [-0.3, -0.25) is 14.9 Å². The Morgan fingerprint density at radius 2 is 2.15 bits per heavy atom. The SMILES string of the molecule is O=C(NCc1ccc(Cl)cc1)c1cc(O[C@@H]2CCN3C(=O)OC[C@H]3C2)c(-c2cn[nH]c2)cn1. The molecule has 10 heteroatoms. The summed E-state index contributed by atoms with van der Waals surface area (Å²) in [7, 11) is 0. The van der Waals surface area contributed by atoms with Gasteiger partial charge in [-0.05, 0) is 17.7 Å². The molecule has 2 aliphatic rings. The maximum Gasteiger partial charge on any atom is 0.410 e. The number of hydrogen-bond acceptors (Lipinski definition) is 6. The Morgan fingerprint density at radius 3 is 2.94 bits per heavy atom. The van der Waals surface area contributed by atoms with Gasteiger partial charge in [-0.2, -0.15) is 5.10 Å². The minimum Gasteiger partial charge on any atom is -0.489 e. The molecule has 1 aromatic carbocycles. The monoisotopic (exact) mass is 467 g/mol. The maximum atomic E-state index is 12.8. The highest BCUT2D eigenvalue weighted by molar-refractivity contribution is 6.30. The Kier molecular flexibility index (Phi) is 5.87. The van der Waals surface area contributed by atoms with Gasteiger partial charge in [0.2, 0.25) is 0 Å². The van der Waals surface area contributed by atoms with Gasteiger partial charge in [-0.15, -0.1) is 0 Å². The molecule has 33 heavy (non-hydrogen) atoms. The fraction of sp³-hybridized carbons (Fsp3) is 0.304. The van der Waals surface area contributed by atoms with Crippen LogP contribution in [-0.4, -0.2) is 57.4 Å². The van der Waals surface area contributed by atoms with E-state index in [0.29, 0.717) is 43.3 Å². The lowest BCUT2D eigenvalue weighted by molar-refractivity contribution is 0.0915. The standard InChI is InChI=1S/C23H22ClN5O4/c24-16-3-1-14(2-4-16)9-26-22(30)20-8-21(19(12-25-20)15-10-27-28-11-15)33-18-5-6-29-17(7-18)13-32-23(29)31/h1-4,8,10-12,17-18H,5-7,9,13H2,(H,26,30)(H,27,28)/t17-,18-/m1/s1. The molecule has 4 heterocycles. The normalized spacial score (nSPS) is 19.7. The molecule has 2 atom stereocenters. The lowest BCUT2D eigenvalue weighted by atomic mass is 10.0. The molecule has 2 fully saturated rings. The number of carbonyl (C=O) groups excluding carboxylic acids is 2. The van der Waals surface area contributed by atoms with Crippen LogP contribution in [0.4, 0.5) is 4.79 Å². The minimum absolute atomic E-state index is 0.0117. The molecule has 2 amide bonds. The Balaban J connectivity index is 1.33. The van der Waals surface area contributed by atoms with Gasteiger partial charge < -0.3 is 19.7 Å². The number of piperidine rings is 1. The third-order valence-corrected chi connectivity index (χ3v) is 6.12. The number of benzene rings is 1. The highest BCUT2D eigenvalue weighted by Gasteiger charge is 2.39. The summed E-state index contributed by atoms with van der Waals surface area (Å²) in [6.07, 6.45) is 6.01. The molecule has 2 aromatic heterocycles. The summed E-state index contributed by atoms with van der Waals surface area (Å²) in [5.74, 6) is 0.241. The first-order valence-corrected chi connectivity index (χ1v) is 11.1. The number of rotatable bonds is 6. The van der Waals surface area contributed by atoms with Gasteiger partial charge in [-0.1, -0.05) is 23.7 Å². The fourth-order valence-corrected chi connectivity index (χ4v) is 4.22. The molecule has 2 saturated heterocycles. The first-order chi connectivity index (χ1) is 16.1. The van der Waals surface area contributed by atoms with E-state index in [9.17, 15) is 9.59 Å². The van der Waals surface area contributed by atoms with Crippen molar-refractivity contribution in [3.8, 4) is 16.9 Å². The molecule has 2 aliphatic heterocycles. The first-order valence-electron chi connectivity index (χ1n) is 10.7. The highest BCUT2D eigenvalue weighted by atomic mass is 35.5. The van der Waals surface area contributed by atoms with Crippen molar-refractivity contribution in [1.29, 1.82) is 0 Å². The van der Waals surface area contributed by atoms with Crippen LogP contribution in [-0.2, 0) is 11.3 Å². The van der Waals surface area contributed by atoms with Crippen molar-refractivity contribution < 1.29 is 19.1 Å². The number of hydrogen-bond donors (Lipinski definition) is 2. The van der Waals surface area contributed by atoms with E-state index in [-0.39, 0.29) is 29.8 Å². The second-order valence-electron chi connectivity index (χ2n) is 8.05. The first kappa shape index (κ1) is 21.3. The molecular weight excluding hydrogens is 446 g/mol. The number of amides is 2. The van der Waals surface area contributed by atoms with Crippen LogP contribution in [0.25, 0.3) is 11.1 Å². The Morgan fingerprint density at radius 1 is 1.30 bits per heavy atom.